The lowest BCUT2D eigenvalue weighted by Gasteiger charge is -2.06. The molecule has 1 N–H and O–H groups in total. The van der Waals surface area contributed by atoms with Gasteiger partial charge in [-0.15, -0.1) is 0 Å². The molecule has 0 atom stereocenters. The molecule has 0 fully saturated rings. The number of nitrogens with one attached hydrogen (secondary N) is 1. The van der Waals surface area contributed by atoms with Crippen LogP contribution in [0.2, 0.25) is 5.02 Å². The van der Waals surface area contributed by atoms with Crippen molar-refractivity contribution in [3.8, 4) is 0 Å². The summed E-state index contributed by atoms with van der Waals surface area (Å²) in [6.45, 7) is 0. The van der Waals surface area contributed by atoms with Crippen molar-refractivity contribution in [2.24, 2.45) is 0 Å². The monoisotopic (exact) mass is 303 g/mol. The number of aromatic nitrogens is 4. The number of anilines is 1. The molecule has 1 aromatic carbocycles. The number of nitrogens with zero attached hydrogens (tertiary/aromatic N) is 4. The van der Waals surface area contributed by atoms with E-state index < -0.39 is 0 Å². The van der Waals surface area contributed by atoms with Gasteiger partial charge in [0, 0.05) is 12.4 Å². The van der Waals surface area contributed by atoms with Gasteiger partial charge >= 0.3 is 0 Å². The zero-order valence-electron chi connectivity index (χ0n) is 10.5. The lowest BCUT2D eigenvalue weighted by molar-refractivity contribution is 1.03. The molecule has 0 saturated heterocycles. The first-order valence-electron chi connectivity index (χ1n) is 5.86. The Morgan fingerprint density at radius 2 is 1.95 bits per heavy atom. The van der Waals surface area contributed by atoms with Gasteiger partial charge < -0.3 is 5.32 Å². The second kappa shape index (κ2) is 5.60. The highest BCUT2D eigenvalue weighted by molar-refractivity contribution is 7.99. The number of fused-ring (bicyclic) bond motifs is 1. The van der Waals surface area contributed by atoms with Gasteiger partial charge in [-0.3, -0.25) is 0 Å². The molecular formula is C13H10ClN5S. The van der Waals surface area contributed by atoms with E-state index in [4.69, 9.17) is 11.6 Å². The number of benzene rings is 1. The molecule has 0 spiro atoms. The van der Waals surface area contributed by atoms with Crippen molar-refractivity contribution in [2.75, 3.05) is 12.4 Å². The minimum atomic E-state index is 0.497. The van der Waals surface area contributed by atoms with Crippen LogP contribution in [0.25, 0.3) is 10.9 Å². The first-order valence-corrected chi connectivity index (χ1v) is 7.05. The van der Waals surface area contributed by atoms with E-state index in [0.29, 0.717) is 16.0 Å². The summed E-state index contributed by atoms with van der Waals surface area (Å²) in [5.41, 5.74) is 0.893. The molecule has 20 heavy (non-hydrogen) atoms. The Bertz CT molecular complexity index is 759. The Labute approximate surface area is 124 Å². The third kappa shape index (κ3) is 2.52. The highest BCUT2D eigenvalue weighted by atomic mass is 35.5. The Hall–Kier alpha value is -1.92. The predicted molar refractivity (Wildman–Crippen MR) is 80.2 cm³/mol. The molecule has 0 amide bonds. The normalized spacial score (nSPS) is 10.7. The summed E-state index contributed by atoms with van der Waals surface area (Å²) in [5, 5.41) is 5.84. The molecule has 7 heteroatoms. The van der Waals surface area contributed by atoms with Crippen LogP contribution in [-0.4, -0.2) is 27.0 Å². The average Bonchev–Trinajstić information content (AvgIpc) is 2.50. The van der Waals surface area contributed by atoms with Crippen molar-refractivity contribution in [3.63, 3.8) is 0 Å². The van der Waals surface area contributed by atoms with E-state index in [-0.39, 0.29) is 0 Å². The van der Waals surface area contributed by atoms with Crippen LogP contribution in [0.1, 0.15) is 0 Å². The third-order valence-corrected chi connectivity index (χ3v) is 4.05. The van der Waals surface area contributed by atoms with Gasteiger partial charge in [0.15, 0.2) is 0 Å². The molecule has 2 aromatic heterocycles. The molecule has 5 nitrogen and oxygen atoms in total. The van der Waals surface area contributed by atoms with Crippen LogP contribution in [0.3, 0.4) is 0 Å². The molecule has 0 unspecified atom stereocenters. The third-order valence-electron chi connectivity index (χ3n) is 2.64. The Balaban J connectivity index is 2.05. The lowest BCUT2D eigenvalue weighted by Crippen LogP contribution is -1.97. The number of rotatable bonds is 3. The average molecular weight is 304 g/mol. The van der Waals surface area contributed by atoms with Gasteiger partial charge in [0.1, 0.15) is 16.4 Å². The summed E-state index contributed by atoms with van der Waals surface area (Å²) in [7, 11) is 1.76. The van der Waals surface area contributed by atoms with Crippen LogP contribution in [0, 0.1) is 0 Å². The second-order valence-corrected chi connectivity index (χ2v) is 5.28. The second-order valence-electron chi connectivity index (χ2n) is 3.89. The lowest BCUT2D eigenvalue weighted by atomic mass is 10.2. The molecule has 3 rings (SSSR count). The van der Waals surface area contributed by atoms with Crippen molar-refractivity contribution < 1.29 is 0 Å². The van der Waals surface area contributed by atoms with E-state index in [1.54, 1.807) is 19.6 Å². The van der Waals surface area contributed by atoms with Gasteiger partial charge in [0.25, 0.3) is 0 Å². The molecule has 0 aliphatic carbocycles. The Morgan fingerprint density at radius 3 is 2.80 bits per heavy atom. The predicted octanol–water partition coefficient (Wildman–Crippen LogP) is 3.27. The van der Waals surface area contributed by atoms with Crippen LogP contribution in [0.15, 0.2) is 46.8 Å². The van der Waals surface area contributed by atoms with Crippen LogP contribution >= 0.6 is 23.4 Å². The topological polar surface area (TPSA) is 63.6 Å². The Kier molecular flexibility index (Phi) is 3.66. The van der Waals surface area contributed by atoms with Crippen molar-refractivity contribution in [1.29, 1.82) is 0 Å². The smallest absolute Gasteiger partial charge is 0.223 e. The summed E-state index contributed by atoms with van der Waals surface area (Å²) in [5.74, 6) is 0.523. The highest BCUT2D eigenvalue weighted by Gasteiger charge is 2.10. The minimum absolute atomic E-state index is 0.497. The zero-order valence-corrected chi connectivity index (χ0v) is 12.1. The molecule has 0 aliphatic heterocycles. The van der Waals surface area contributed by atoms with E-state index in [1.807, 2.05) is 24.3 Å². The first-order chi connectivity index (χ1) is 9.78. The van der Waals surface area contributed by atoms with Gasteiger partial charge in [-0.2, -0.15) is 0 Å². The molecule has 0 radical (unpaired) electrons. The molecule has 3 aromatic rings. The fourth-order valence-electron chi connectivity index (χ4n) is 1.70. The van der Waals surface area contributed by atoms with Gasteiger partial charge in [-0.1, -0.05) is 29.8 Å². The van der Waals surface area contributed by atoms with E-state index in [9.17, 15) is 0 Å². The summed E-state index contributed by atoms with van der Waals surface area (Å²) in [6, 6.07) is 7.82. The number of hydrogen-bond acceptors (Lipinski definition) is 6. The molecule has 0 bridgehead atoms. The number of para-hydroxylation sites is 1. The summed E-state index contributed by atoms with van der Waals surface area (Å²) in [6.07, 6.45) is 3.12. The number of halogens is 1. The van der Waals surface area contributed by atoms with Crippen molar-refractivity contribution in [1.82, 2.24) is 19.9 Å². The summed E-state index contributed by atoms with van der Waals surface area (Å²) >= 11 is 7.54. The van der Waals surface area contributed by atoms with E-state index >= 15 is 0 Å². The van der Waals surface area contributed by atoms with Gasteiger partial charge in [0.2, 0.25) is 5.95 Å². The maximum atomic E-state index is 6.14. The fourth-order valence-corrected chi connectivity index (χ4v) is 2.75. The van der Waals surface area contributed by atoms with E-state index in [0.717, 1.165) is 15.9 Å². The standard InChI is InChI=1S/C13H10ClN5S/c1-15-13-16-6-9(14)12(19-13)20-11-8-4-2-3-5-10(8)17-7-18-11/h2-7H,1H3,(H,15,16,19). The quantitative estimate of drug-likeness (QED) is 0.749. The van der Waals surface area contributed by atoms with Gasteiger partial charge in [-0.05, 0) is 17.8 Å². The van der Waals surface area contributed by atoms with Crippen LogP contribution in [0.4, 0.5) is 5.95 Å². The van der Waals surface area contributed by atoms with E-state index in [2.05, 4.69) is 25.3 Å². The minimum Gasteiger partial charge on any atom is -0.357 e. The fraction of sp³-hybridized carbons (Fsp3) is 0.0769. The van der Waals surface area contributed by atoms with Gasteiger partial charge in [-0.25, -0.2) is 19.9 Å². The molecule has 0 aliphatic rings. The highest BCUT2D eigenvalue weighted by Crippen LogP contribution is 2.33. The summed E-state index contributed by atoms with van der Waals surface area (Å²) in [4.78, 5) is 17.0. The maximum Gasteiger partial charge on any atom is 0.223 e. The van der Waals surface area contributed by atoms with Crippen molar-refractivity contribution in [2.45, 2.75) is 10.1 Å². The SMILES string of the molecule is CNc1ncc(Cl)c(Sc2ncnc3ccccc23)n1. The maximum absolute atomic E-state index is 6.14. The van der Waals surface area contributed by atoms with Crippen LogP contribution in [-0.2, 0) is 0 Å². The zero-order chi connectivity index (χ0) is 13.9. The summed E-state index contributed by atoms with van der Waals surface area (Å²) < 4.78 is 0. The Morgan fingerprint density at radius 1 is 1.10 bits per heavy atom. The molecular weight excluding hydrogens is 294 g/mol. The molecule has 100 valence electrons. The molecule has 0 saturated carbocycles. The largest absolute Gasteiger partial charge is 0.357 e. The number of hydrogen-bond donors (Lipinski definition) is 1. The van der Waals surface area contributed by atoms with E-state index in [1.165, 1.54) is 11.8 Å². The molecule has 2 heterocycles. The van der Waals surface area contributed by atoms with Crippen LogP contribution < -0.4 is 5.32 Å². The first kappa shape index (κ1) is 13.1. The van der Waals surface area contributed by atoms with Crippen molar-refractivity contribution in [3.05, 3.63) is 41.8 Å². The van der Waals surface area contributed by atoms with Crippen molar-refractivity contribution >= 4 is 40.2 Å². The van der Waals surface area contributed by atoms with Crippen LogP contribution in [0.5, 0.6) is 0 Å². The van der Waals surface area contributed by atoms with Gasteiger partial charge in [0.05, 0.1) is 16.7 Å².